The molecule has 7 heteroatoms. The molecule has 1 aliphatic heterocycles. The molecular weight excluding hydrogens is 476 g/mol. The Morgan fingerprint density at radius 3 is 2.47 bits per heavy atom. The maximum absolute atomic E-state index is 12.9. The predicted molar refractivity (Wildman–Crippen MR) is 150 cm³/mol. The molecule has 0 bridgehead atoms. The number of carbonyl (C=O) groups excluding carboxylic acids is 1. The number of anilines is 1. The zero-order chi connectivity index (χ0) is 26.6. The Kier molecular flexibility index (Phi) is 7.38. The molecule has 3 aromatic carbocycles. The first-order valence-electron chi connectivity index (χ1n) is 12.8. The van der Waals surface area contributed by atoms with Gasteiger partial charge in [0.05, 0.1) is 13.5 Å². The van der Waals surface area contributed by atoms with Gasteiger partial charge < -0.3 is 19.5 Å². The van der Waals surface area contributed by atoms with Gasteiger partial charge in [-0.3, -0.25) is 4.79 Å². The van der Waals surface area contributed by atoms with Crippen LogP contribution in [0.25, 0.3) is 28.1 Å². The van der Waals surface area contributed by atoms with E-state index in [9.17, 15) is 4.79 Å². The van der Waals surface area contributed by atoms with Gasteiger partial charge in [-0.1, -0.05) is 47.6 Å². The number of nitrogens with zero attached hydrogens (tertiary/aromatic N) is 3. The highest BCUT2D eigenvalue weighted by Crippen LogP contribution is 2.33. The maximum atomic E-state index is 12.9. The van der Waals surface area contributed by atoms with Crippen LogP contribution in [-0.4, -0.2) is 48.2 Å². The minimum Gasteiger partial charge on any atom is -0.496 e. The Hall–Kier alpha value is -4.23. The molecule has 38 heavy (non-hydrogen) atoms. The van der Waals surface area contributed by atoms with Crippen LogP contribution in [0.5, 0.6) is 5.75 Å². The molecule has 1 amide bonds. The van der Waals surface area contributed by atoms with Crippen LogP contribution in [0.2, 0.25) is 0 Å². The van der Waals surface area contributed by atoms with E-state index in [2.05, 4.69) is 64.7 Å². The maximum Gasteiger partial charge on any atom is 0.228 e. The average Bonchev–Trinajstić information content (AvgIpc) is 3.36. The fraction of sp³-hybridized carbons (Fsp3) is 0.258. The lowest BCUT2D eigenvalue weighted by molar-refractivity contribution is -0.115. The molecule has 0 spiro atoms. The Bertz CT molecular complexity index is 1490. The number of carbonyl (C=O) groups is 1. The number of nitrogens with one attached hydrogen (secondary N) is 1. The molecule has 4 aromatic rings. The van der Waals surface area contributed by atoms with Crippen molar-refractivity contribution in [1.29, 1.82) is 0 Å². The number of ether oxygens (including phenoxy) is 1. The number of likely N-dealkylation sites (N-methyl/N-ethyl adjacent to an activating group) is 1. The van der Waals surface area contributed by atoms with Crippen LogP contribution in [0.1, 0.15) is 29.0 Å². The summed E-state index contributed by atoms with van der Waals surface area (Å²) in [6, 6.07) is 20.1. The topological polar surface area (TPSA) is 80.5 Å². The summed E-state index contributed by atoms with van der Waals surface area (Å²) in [5.74, 6) is 1.90. The summed E-state index contributed by atoms with van der Waals surface area (Å²) in [4.78, 5) is 19.5. The van der Waals surface area contributed by atoms with Crippen molar-refractivity contribution in [1.82, 2.24) is 15.0 Å². The first-order valence-corrected chi connectivity index (χ1v) is 12.8. The fourth-order valence-corrected chi connectivity index (χ4v) is 4.79. The molecule has 0 atom stereocenters. The van der Waals surface area contributed by atoms with E-state index in [4.69, 9.17) is 9.26 Å². The van der Waals surface area contributed by atoms with E-state index in [0.717, 1.165) is 64.3 Å². The zero-order valence-corrected chi connectivity index (χ0v) is 22.2. The molecule has 7 nitrogen and oxygen atoms in total. The van der Waals surface area contributed by atoms with Crippen LogP contribution in [0.4, 0.5) is 5.69 Å². The third-order valence-corrected chi connectivity index (χ3v) is 6.88. The summed E-state index contributed by atoms with van der Waals surface area (Å²) in [5, 5.41) is 7.06. The molecular formula is C31H32N4O3. The second kappa shape index (κ2) is 11.0. The number of benzene rings is 3. The van der Waals surface area contributed by atoms with Crippen molar-refractivity contribution < 1.29 is 14.1 Å². The van der Waals surface area contributed by atoms with Crippen molar-refractivity contribution in [3.8, 4) is 28.3 Å². The standard InChI is InChI=1S/C31H32N4O3/c1-20-17-25(31-32-21(2)38-34-31)9-11-27(20)23-7-5-22(6-8-23)18-30(36)33-26-10-12-29(37-4)28(19-26)24-13-15-35(3)16-14-24/h5-13,17,19H,14-16,18H2,1-4H3,(H,33,36). The average molecular weight is 509 g/mol. The molecule has 0 radical (unpaired) electrons. The SMILES string of the molecule is COc1ccc(NC(=O)Cc2ccc(-c3ccc(-c4noc(C)n4)cc3C)cc2)cc1C1=CCN(C)CC1. The Morgan fingerprint density at radius 2 is 1.82 bits per heavy atom. The van der Waals surface area contributed by atoms with Crippen LogP contribution in [-0.2, 0) is 11.2 Å². The zero-order valence-electron chi connectivity index (χ0n) is 22.2. The summed E-state index contributed by atoms with van der Waals surface area (Å²) >= 11 is 0. The van der Waals surface area contributed by atoms with Crippen molar-refractivity contribution in [3.63, 3.8) is 0 Å². The summed E-state index contributed by atoms with van der Waals surface area (Å²) in [6.45, 7) is 5.76. The van der Waals surface area contributed by atoms with Gasteiger partial charge in [-0.2, -0.15) is 4.98 Å². The summed E-state index contributed by atoms with van der Waals surface area (Å²) in [6.07, 6.45) is 3.48. The number of rotatable bonds is 7. The van der Waals surface area contributed by atoms with Gasteiger partial charge in [0.25, 0.3) is 0 Å². The number of methoxy groups -OCH3 is 1. The van der Waals surface area contributed by atoms with E-state index in [1.165, 1.54) is 5.57 Å². The van der Waals surface area contributed by atoms with Crippen LogP contribution in [0, 0.1) is 13.8 Å². The molecule has 0 aliphatic carbocycles. The molecule has 1 aromatic heterocycles. The summed E-state index contributed by atoms with van der Waals surface area (Å²) in [7, 11) is 3.80. The normalized spacial score (nSPS) is 13.7. The third-order valence-electron chi connectivity index (χ3n) is 6.88. The number of amides is 1. The van der Waals surface area contributed by atoms with E-state index in [1.807, 2.05) is 36.4 Å². The smallest absolute Gasteiger partial charge is 0.228 e. The van der Waals surface area contributed by atoms with Gasteiger partial charge in [-0.25, -0.2) is 0 Å². The highest BCUT2D eigenvalue weighted by Gasteiger charge is 2.15. The molecule has 1 N–H and O–H groups in total. The van der Waals surface area contributed by atoms with Crippen molar-refractivity contribution in [2.45, 2.75) is 26.7 Å². The van der Waals surface area contributed by atoms with Gasteiger partial charge in [0.1, 0.15) is 5.75 Å². The van der Waals surface area contributed by atoms with Gasteiger partial charge in [0.2, 0.25) is 17.6 Å². The lowest BCUT2D eigenvalue weighted by Crippen LogP contribution is -2.23. The lowest BCUT2D eigenvalue weighted by Gasteiger charge is -2.23. The van der Waals surface area contributed by atoms with E-state index >= 15 is 0 Å². The highest BCUT2D eigenvalue weighted by molar-refractivity contribution is 5.93. The number of hydrogen-bond donors (Lipinski definition) is 1. The van der Waals surface area contributed by atoms with Gasteiger partial charge in [0, 0.05) is 36.8 Å². The summed E-state index contributed by atoms with van der Waals surface area (Å²) in [5.41, 5.74) is 8.27. The Labute approximate surface area is 223 Å². The van der Waals surface area contributed by atoms with Gasteiger partial charge >= 0.3 is 0 Å². The van der Waals surface area contributed by atoms with Crippen LogP contribution >= 0.6 is 0 Å². The number of hydrogen-bond acceptors (Lipinski definition) is 6. The van der Waals surface area contributed by atoms with E-state index in [-0.39, 0.29) is 5.91 Å². The van der Waals surface area contributed by atoms with Gasteiger partial charge in [-0.15, -0.1) is 0 Å². The molecule has 1 aliphatic rings. The van der Waals surface area contributed by atoms with Gasteiger partial charge in [-0.05, 0) is 72.5 Å². The molecule has 5 rings (SSSR count). The van der Waals surface area contributed by atoms with E-state index in [1.54, 1.807) is 14.0 Å². The van der Waals surface area contributed by atoms with Crippen LogP contribution < -0.4 is 10.1 Å². The number of aromatic nitrogens is 2. The third kappa shape index (κ3) is 5.68. The molecule has 194 valence electrons. The number of aryl methyl sites for hydroxylation is 2. The fourth-order valence-electron chi connectivity index (χ4n) is 4.79. The monoisotopic (exact) mass is 508 g/mol. The second-order valence-corrected chi connectivity index (χ2v) is 9.75. The summed E-state index contributed by atoms with van der Waals surface area (Å²) < 4.78 is 10.7. The van der Waals surface area contributed by atoms with Crippen LogP contribution in [0.3, 0.4) is 0 Å². The van der Waals surface area contributed by atoms with Gasteiger partial charge in [0.15, 0.2) is 0 Å². The van der Waals surface area contributed by atoms with E-state index in [0.29, 0.717) is 18.1 Å². The minimum absolute atomic E-state index is 0.0536. The highest BCUT2D eigenvalue weighted by atomic mass is 16.5. The Balaban J connectivity index is 1.26. The molecule has 0 fully saturated rings. The van der Waals surface area contributed by atoms with Crippen molar-refractivity contribution in [2.24, 2.45) is 0 Å². The largest absolute Gasteiger partial charge is 0.496 e. The molecule has 0 saturated carbocycles. The molecule has 2 heterocycles. The molecule has 0 unspecified atom stereocenters. The predicted octanol–water partition coefficient (Wildman–Crippen LogP) is 5.93. The quantitative estimate of drug-likeness (QED) is 0.333. The van der Waals surface area contributed by atoms with Crippen LogP contribution in [0.15, 0.2) is 71.3 Å². The van der Waals surface area contributed by atoms with Crippen molar-refractivity contribution >= 4 is 17.2 Å². The van der Waals surface area contributed by atoms with E-state index < -0.39 is 0 Å². The minimum atomic E-state index is -0.0536. The van der Waals surface area contributed by atoms with Crippen molar-refractivity contribution in [2.75, 3.05) is 32.6 Å². The first kappa shape index (κ1) is 25.4. The second-order valence-electron chi connectivity index (χ2n) is 9.75. The first-order chi connectivity index (χ1) is 18.4. The van der Waals surface area contributed by atoms with Crippen molar-refractivity contribution in [3.05, 3.63) is 89.3 Å². The molecule has 0 saturated heterocycles. The lowest BCUT2D eigenvalue weighted by atomic mass is 9.97. The Morgan fingerprint density at radius 1 is 1.03 bits per heavy atom.